The topological polar surface area (TPSA) is 66.8 Å². The number of carbonyl (C=O) groups is 2. The standard InChI is InChI=1S/C13H14FNO4/c1-13(6-11(16)17)8-19-12(18)15(13)7-9-3-2-4-10(14)5-9/h2-5H,6-8H2,1H3,(H,16,17). The van der Waals surface area contributed by atoms with E-state index in [2.05, 4.69) is 0 Å². The first-order valence-electron chi connectivity index (χ1n) is 5.81. The summed E-state index contributed by atoms with van der Waals surface area (Å²) >= 11 is 0. The third-order valence-corrected chi connectivity index (χ3v) is 3.14. The zero-order valence-corrected chi connectivity index (χ0v) is 10.4. The second-order valence-electron chi connectivity index (χ2n) is 4.84. The fourth-order valence-corrected chi connectivity index (χ4v) is 2.14. The van der Waals surface area contributed by atoms with Crippen molar-refractivity contribution in [1.29, 1.82) is 0 Å². The lowest BCUT2D eigenvalue weighted by Gasteiger charge is -2.30. The number of hydrogen-bond acceptors (Lipinski definition) is 3. The van der Waals surface area contributed by atoms with E-state index in [9.17, 15) is 14.0 Å². The Morgan fingerprint density at radius 2 is 2.32 bits per heavy atom. The maximum atomic E-state index is 13.1. The molecule has 1 unspecified atom stereocenters. The molecule has 1 aromatic rings. The first-order chi connectivity index (χ1) is 8.90. The summed E-state index contributed by atoms with van der Waals surface area (Å²) in [5.74, 6) is -1.41. The Morgan fingerprint density at radius 3 is 2.95 bits per heavy atom. The van der Waals surface area contributed by atoms with Crippen LogP contribution in [0.5, 0.6) is 0 Å². The van der Waals surface area contributed by atoms with E-state index in [1.165, 1.54) is 17.0 Å². The Hall–Kier alpha value is -2.11. The quantitative estimate of drug-likeness (QED) is 0.906. The molecule has 1 aliphatic rings. The second kappa shape index (κ2) is 4.87. The number of cyclic esters (lactones) is 1. The summed E-state index contributed by atoms with van der Waals surface area (Å²) in [5.41, 5.74) is -0.314. The highest BCUT2D eigenvalue weighted by molar-refractivity contribution is 5.75. The number of nitrogens with zero attached hydrogens (tertiary/aromatic N) is 1. The molecule has 0 bridgehead atoms. The van der Waals surface area contributed by atoms with Crippen LogP contribution in [0.1, 0.15) is 18.9 Å². The minimum absolute atomic E-state index is 0.0213. The zero-order valence-electron chi connectivity index (χ0n) is 10.4. The van der Waals surface area contributed by atoms with Crippen molar-refractivity contribution in [3.8, 4) is 0 Å². The normalized spacial score (nSPS) is 22.4. The van der Waals surface area contributed by atoms with Crippen molar-refractivity contribution in [1.82, 2.24) is 4.90 Å². The number of rotatable bonds is 4. The van der Waals surface area contributed by atoms with Crippen molar-refractivity contribution in [3.63, 3.8) is 0 Å². The van der Waals surface area contributed by atoms with E-state index >= 15 is 0 Å². The van der Waals surface area contributed by atoms with Crippen molar-refractivity contribution in [3.05, 3.63) is 35.6 Å². The van der Waals surface area contributed by atoms with Crippen molar-refractivity contribution in [2.75, 3.05) is 6.61 Å². The van der Waals surface area contributed by atoms with Crippen LogP contribution in [-0.2, 0) is 16.1 Å². The average molecular weight is 267 g/mol. The Morgan fingerprint density at radius 1 is 1.58 bits per heavy atom. The van der Waals surface area contributed by atoms with Gasteiger partial charge >= 0.3 is 12.1 Å². The van der Waals surface area contributed by atoms with Crippen molar-refractivity contribution >= 4 is 12.1 Å². The third-order valence-electron chi connectivity index (χ3n) is 3.14. The predicted octanol–water partition coefficient (Wildman–Crippen LogP) is 2.01. The van der Waals surface area contributed by atoms with E-state index in [1.54, 1.807) is 19.1 Å². The van der Waals surface area contributed by atoms with Crippen LogP contribution < -0.4 is 0 Å². The fraction of sp³-hybridized carbons (Fsp3) is 0.385. The number of halogens is 1. The van der Waals surface area contributed by atoms with E-state index in [-0.39, 0.29) is 19.6 Å². The summed E-state index contributed by atoms with van der Waals surface area (Å²) in [6.45, 7) is 1.79. The molecule has 0 aliphatic carbocycles. The smallest absolute Gasteiger partial charge is 0.410 e. The summed E-state index contributed by atoms with van der Waals surface area (Å²) in [4.78, 5) is 23.9. The predicted molar refractivity (Wildman–Crippen MR) is 63.9 cm³/mol. The zero-order chi connectivity index (χ0) is 14.0. The molecule has 102 valence electrons. The van der Waals surface area contributed by atoms with Crippen LogP contribution in [0.3, 0.4) is 0 Å². The highest BCUT2D eigenvalue weighted by atomic mass is 19.1. The lowest BCUT2D eigenvalue weighted by molar-refractivity contribution is -0.139. The van der Waals surface area contributed by atoms with Gasteiger partial charge in [-0.3, -0.25) is 9.69 Å². The molecule has 1 aromatic carbocycles. The molecular weight excluding hydrogens is 253 g/mol. The summed E-state index contributed by atoms with van der Waals surface area (Å²) in [5, 5.41) is 8.90. The average Bonchev–Trinajstić information content (AvgIpc) is 2.56. The number of carboxylic acid groups (broad SMARTS) is 1. The molecular formula is C13H14FNO4. The van der Waals surface area contributed by atoms with Gasteiger partial charge in [0.05, 0.1) is 12.0 Å². The van der Waals surface area contributed by atoms with Crippen LogP contribution in [0.15, 0.2) is 24.3 Å². The van der Waals surface area contributed by atoms with Gasteiger partial charge in [-0.1, -0.05) is 12.1 Å². The van der Waals surface area contributed by atoms with Gasteiger partial charge < -0.3 is 9.84 Å². The van der Waals surface area contributed by atoms with E-state index < -0.39 is 23.4 Å². The Bertz CT molecular complexity index is 519. The molecule has 0 aromatic heterocycles. The molecule has 0 saturated carbocycles. The fourth-order valence-electron chi connectivity index (χ4n) is 2.14. The molecule has 1 aliphatic heterocycles. The maximum absolute atomic E-state index is 13.1. The number of benzene rings is 1. The molecule has 0 spiro atoms. The minimum Gasteiger partial charge on any atom is -0.481 e. The van der Waals surface area contributed by atoms with Gasteiger partial charge in [-0.25, -0.2) is 9.18 Å². The summed E-state index contributed by atoms with van der Waals surface area (Å²) in [7, 11) is 0. The molecule has 6 heteroatoms. The maximum Gasteiger partial charge on any atom is 0.410 e. The van der Waals surface area contributed by atoms with Gasteiger partial charge in [0.2, 0.25) is 0 Å². The number of hydrogen-bond donors (Lipinski definition) is 1. The van der Waals surface area contributed by atoms with Crippen LogP contribution in [0, 0.1) is 5.82 Å². The van der Waals surface area contributed by atoms with Gasteiger partial charge in [0.25, 0.3) is 0 Å². The molecule has 1 heterocycles. The molecule has 0 radical (unpaired) electrons. The monoisotopic (exact) mass is 267 g/mol. The first-order valence-corrected chi connectivity index (χ1v) is 5.81. The SMILES string of the molecule is CC1(CC(=O)O)COC(=O)N1Cc1cccc(F)c1. The summed E-state index contributed by atoms with van der Waals surface area (Å²) < 4.78 is 18.0. The number of carboxylic acids is 1. The van der Waals surface area contributed by atoms with Crippen LogP contribution in [0.25, 0.3) is 0 Å². The van der Waals surface area contributed by atoms with Gasteiger partial charge in [-0.15, -0.1) is 0 Å². The van der Waals surface area contributed by atoms with E-state index in [0.29, 0.717) is 5.56 Å². The highest BCUT2D eigenvalue weighted by Gasteiger charge is 2.45. The van der Waals surface area contributed by atoms with Gasteiger partial charge in [0.1, 0.15) is 12.4 Å². The molecule has 1 amide bonds. The van der Waals surface area contributed by atoms with Gasteiger partial charge in [0, 0.05) is 6.54 Å². The van der Waals surface area contributed by atoms with Crippen LogP contribution in [0.2, 0.25) is 0 Å². The van der Waals surface area contributed by atoms with Crippen LogP contribution in [-0.4, -0.2) is 34.2 Å². The van der Waals surface area contributed by atoms with Crippen molar-refractivity contribution < 1.29 is 23.8 Å². The number of carbonyl (C=O) groups excluding carboxylic acids is 1. The minimum atomic E-state index is -1.01. The number of amides is 1. The largest absolute Gasteiger partial charge is 0.481 e. The molecule has 1 N–H and O–H groups in total. The molecule has 19 heavy (non-hydrogen) atoms. The van der Waals surface area contributed by atoms with Gasteiger partial charge in [-0.05, 0) is 24.6 Å². The van der Waals surface area contributed by atoms with Crippen LogP contribution >= 0.6 is 0 Å². The van der Waals surface area contributed by atoms with E-state index in [0.717, 1.165) is 0 Å². The Labute approximate surface area is 109 Å². The van der Waals surface area contributed by atoms with Gasteiger partial charge in [-0.2, -0.15) is 0 Å². The summed E-state index contributed by atoms with van der Waals surface area (Å²) in [6, 6.07) is 5.84. The Kier molecular flexibility index (Phi) is 3.42. The lowest BCUT2D eigenvalue weighted by Crippen LogP contribution is -2.45. The van der Waals surface area contributed by atoms with Crippen LogP contribution in [0.4, 0.5) is 9.18 Å². The summed E-state index contributed by atoms with van der Waals surface area (Å²) in [6.07, 6.45) is -0.790. The molecule has 5 nitrogen and oxygen atoms in total. The van der Waals surface area contributed by atoms with Gasteiger partial charge in [0.15, 0.2) is 0 Å². The second-order valence-corrected chi connectivity index (χ2v) is 4.84. The first kappa shape index (κ1) is 13.3. The number of aliphatic carboxylic acids is 1. The molecule has 1 atom stereocenters. The molecule has 2 rings (SSSR count). The Balaban J connectivity index is 2.20. The van der Waals surface area contributed by atoms with E-state index in [1.807, 2.05) is 0 Å². The van der Waals surface area contributed by atoms with Crippen molar-refractivity contribution in [2.24, 2.45) is 0 Å². The van der Waals surface area contributed by atoms with E-state index in [4.69, 9.17) is 9.84 Å². The third kappa shape index (κ3) is 2.83. The highest BCUT2D eigenvalue weighted by Crippen LogP contribution is 2.29. The molecule has 1 saturated heterocycles. The lowest BCUT2D eigenvalue weighted by atomic mass is 9.97. The van der Waals surface area contributed by atoms with Crippen molar-refractivity contribution in [2.45, 2.75) is 25.4 Å². The molecule has 1 fully saturated rings. The number of ether oxygens (including phenoxy) is 1.